The van der Waals surface area contributed by atoms with Gasteiger partial charge in [0.2, 0.25) is 6.71 Å². The maximum Gasteiger partial charge on any atom is 0.247 e. The predicted molar refractivity (Wildman–Crippen MR) is 334 cm³/mol. The number of aromatic nitrogens is 1. The molecule has 1 aromatic heterocycles. The molecule has 0 radical (unpaired) electrons. The van der Waals surface area contributed by atoms with Gasteiger partial charge in [-0.25, -0.2) is 0 Å². The van der Waals surface area contributed by atoms with Crippen LogP contribution in [0.15, 0.2) is 194 Å². The number of hydrogen-bond acceptors (Lipinski definition) is 2. The van der Waals surface area contributed by atoms with Gasteiger partial charge in [-0.1, -0.05) is 212 Å². The molecule has 0 aliphatic carbocycles. The van der Waals surface area contributed by atoms with Gasteiger partial charge in [0.1, 0.15) is 0 Å². The molecular weight excluding hydrogens is 930 g/mol. The number of benzene rings is 9. The van der Waals surface area contributed by atoms with Gasteiger partial charge in [-0.3, -0.25) is 0 Å². The van der Waals surface area contributed by atoms with Gasteiger partial charge in [0, 0.05) is 55.9 Å². The molecule has 0 atom stereocenters. The molecule has 0 amide bonds. The van der Waals surface area contributed by atoms with Crippen LogP contribution in [0.1, 0.15) is 130 Å². The fraction of sp³-hybridized carbons (Fsp3) is 0.260. The molecule has 3 nitrogen and oxygen atoms in total. The molecule has 12 rings (SSSR count). The fourth-order valence-corrected chi connectivity index (χ4v) is 12.6. The lowest BCUT2D eigenvalue weighted by molar-refractivity contribution is 0.583. The average molecular weight is 1000 g/mol. The van der Waals surface area contributed by atoms with E-state index in [0.717, 1.165) is 22.7 Å². The standard InChI is InChI=1S/C73H74BN3/c1-69(2,3)48-30-34-54(35-31-48)77-66-46-65-58(57-41-50(71(7,8)9)33-39-64(57)76(65)53-28-22-17-23-29-53)45-62(66)74-61-37-36-55(44-59(61)73(13,14)60-42-51(72(10,11)12)43-67(77)68(60)74)75(52-26-20-16-21-27-52)63-38-32-49(70(4,5)6)40-56(63)47-24-18-15-19-25-47/h15-46H,1-14H3. The Morgan fingerprint density at radius 2 is 0.974 bits per heavy atom. The van der Waals surface area contributed by atoms with Crippen molar-refractivity contribution in [2.24, 2.45) is 0 Å². The Hall–Kier alpha value is -7.56. The maximum absolute atomic E-state index is 2.62. The highest BCUT2D eigenvalue weighted by Crippen LogP contribution is 2.49. The molecule has 0 spiro atoms. The first-order chi connectivity index (χ1) is 36.5. The van der Waals surface area contributed by atoms with Gasteiger partial charge in [0.25, 0.3) is 0 Å². The van der Waals surface area contributed by atoms with E-state index in [9.17, 15) is 0 Å². The zero-order chi connectivity index (χ0) is 54.1. The molecule has 3 heterocycles. The SMILES string of the molecule is CC(C)(C)c1ccc(N2c3cc4c(cc3B3c5ccc(N(c6ccccc6)c6ccc(C(C)(C)C)cc6-c6ccccc6)cc5C(C)(C)c5cc(C(C)(C)C)cc2c53)c2cc(C(C)(C)C)ccc2n4-c2ccccc2)cc1. The van der Waals surface area contributed by atoms with Gasteiger partial charge in [0.15, 0.2) is 0 Å². The van der Waals surface area contributed by atoms with Gasteiger partial charge in [-0.15, -0.1) is 0 Å². The third kappa shape index (κ3) is 8.42. The smallest absolute Gasteiger partial charge is 0.247 e. The zero-order valence-electron chi connectivity index (χ0n) is 47.9. The van der Waals surface area contributed by atoms with Crippen LogP contribution in [0.2, 0.25) is 0 Å². The van der Waals surface area contributed by atoms with Crippen LogP contribution in [0, 0.1) is 0 Å². The topological polar surface area (TPSA) is 11.4 Å². The van der Waals surface area contributed by atoms with Gasteiger partial charge < -0.3 is 14.4 Å². The van der Waals surface area contributed by atoms with E-state index >= 15 is 0 Å². The van der Waals surface area contributed by atoms with Gasteiger partial charge in [0.05, 0.1) is 16.7 Å². The van der Waals surface area contributed by atoms with Crippen molar-refractivity contribution in [3.8, 4) is 16.8 Å². The normalized spacial score (nSPS) is 14.2. The van der Waals surface area contributed by atoms with E-state index < -0.39 is 0 Å². The summed E-state index contributed by atoms with van der Waals surface area (Å²) < 4.78 is 2.50. The second-order valence-electron chi connectivity index (χ2n) is 26.8. The highest BCUT2D eigenvalue weighted by molar-refractivity contribution is 6.99. The first-order valence-corrected chi connectivity index (χ1v) is 28.0. The minimum atomic E-state index is -0.373. The molecule has 0 bridgehead atoms. The Bertz CT molecular complexity index is 3910. The average Bonchev–Trinajstić information content (AvgIpc) is 3.94. The summed E-state index contributed by atoms with van der Waals surface area (Å²) in [6.45, 7) is 32.9. The largest absolute Gasteiger partial charge is 0.311 e. The second kappa shape index (κ2) is 17.7. The number of nitrogens with zero attached hydrogens (tertiary/aromatic N) is 3. The van der Waals surface area contributed by atoms with E-state index in [-0.39, 0.29) is 33.8 Å². The highest BCUT2D eigenvalue weighted by Gasteiger charge is 2.47. The Morgan fingerprint density at radius 1 is 0.403 bits per heavy atom. The molecule has 10 aromatic rings. The van der Waals surface area contributed by atoms with E-state index in [0.29, 0.717) is 0 Å². The summed E-state index contributed by atoms with van der Waals surface area (Å²) in [6.07, 6.45) is 0. The van der Waals surface area contributed by atoms with Crippen molar-refractivity contribution in [3.05, 3.63) is 228 Å². The van der Waals surface area contributed by atoms with E-state index in [1.165, 1.54) is 99.8 Å². The lowest BCUT2D eigenvalue weighted by atomic mass is 9.30. The molecule has 2 aliphatic rings. The Morgan fingerprint density at radius 3 is 1.61 bits per heavy atom. The van der Waals surface area contributed by atoms with Crippen molar-refractivity contribution in [2.45, 2.75) is 124 Å². The van der Waals surface area contributed by atoms with Crippen LogP contribution in [0.4, 0.5) is 34.1 Å². The van der Waals surface area contributed by atoms with Crippen LogP contribution >= 0.6 is 0 Å². The predicted octanol–water partition coefficient (Wildman–Crippen LogP) is 18.0. The van der Waals surface area contributed by atoms with Crippen molar-refractivity contribution < 1.29 is 0 Å². The summed E-state index contributed by atoms with van der Waals surface area (Å²) in [5.41, 5.74) is 24.7. The lowest BCUT2D eigenvalue weighted by Crippen LogP contribution is -2.64. The molecule has 77 heavy (non-hydrogen) atoms. The van der Waals surface area contributed by atoms with Crippen molar-refractivity contribution >= 4 is 79.0 Å². The molecule has 9 aromatic carbocycles. The first kappa shape index (κ1) is 50.3. The van der Waals surface area contributed by atoms with Crippen LogP contribution in [-0.4, -0.2) is 11.3 Å². The second-order valence-corrected chi connectivity index (χ2v) is 26.8. The van der Waals surface area contributed by atoms with Crippen molar-refractivity contribution in [1.29, 1.82) is 0 Å². The minimum Gasteiger partial charge on any atom is -0.311 e. The van der Waals surface area contributed by atoms with Crippen molar-refractivity contribution in [2.75, 3.05) is 9.80 Å². The van der Waals surface area contributed by atoms with E-state index in [1.54, 1.807) is 0 Å². The summed E-state index contributed by atoms with van der Waals surface area (Å²) in [4.78, 5) is 5.13. The van der Waals surface area contributed by atoms with Crippen molar-refractivity contribution in [3.63, 3.8) is 0 Å². The number of para-hydroxylation sites is 2. The number of rotatable bonds is 6. The molecule has 0 fully saturated rings. The van der Waals surface area contributed by atoms with E-state index in [2.05, 4.69) is 305 Å². The van der Waals surface area contributed by atoms with Crippen LogP contribution < -0.4 is 26.2 Å². The highest BCUT2D eigenvalue weighted by atomic mass is 15.2. The molecular formula is C73H74BN3. The minimum absolute atomic E-state index is 0.0190. The summed E-state index contributed by atoms with van der Waals surface area (Å²) >= 11 is 0. The first-order valence-electron chi connectivity index (χ1n) is 28.0. The molecule has 384 valence electrons. The van der Waals surface area contributed by atoms with Crippen LogP contribution in [-0.2, 0) is 27.1 Å². The number of hydrogen-bond donors (Lipinski definition) is 0. The monoisotopic (exact) mass is 1000 g/mol. The molecule has 0 saturated heterocycles. The van der Waals surface area contributed by atoms with Crippen LogP contribution in [0.25, 0.3) is 38.6 Å². The van der Waals surface area contributed by atoms with E-state index in [4.69, 9.17) is 0 Å². The van der Waals surface area contributed by atoms with Crippen LogP contribution in [0.5, 0.6) is 0 Å². The van der Waals surface area contributed by atoms with Crippen molar-refractivity contribution in [1.82, 2.24) is 4.57 Å². The summed E-state index contributed by atoms with van der Waals surface area (Å²) in [5, 5.41) is 2.56. The maximum atomic E-state index is 2.62. The van der Waals surface area contributed by atoms with E-state index in [1.807, 2.05) is 0 Å². The molecule has 0 unspecified atom stereocenters. The number of anilines is 6. The third-order valence-electron chi connectivity index (χ3n) is 17.0. The molecule has 0 saturated carbocycles. The molecule has 2 aliphatic heterocycles. The van der Waals surface area contributed by atoms with Gasteiger partial charge in [-0.2, -0.15) is 0 Å². The third-order valence-corrected chi connectivity index (χ3v) is 17.0. The Balaban J connectivity index is 1.18. The van der Waals surface area contributed by atoms with Gasteiger partial charge >= 0.3 is 0 Å². The Labute approximate surface area is 459 Å². The molecule has 0 N–H and O–H groups in total. The zero-order valence-corrected chi connectivity index (χ0v) is 47.9. The fourth-order valence-electron chi connectivity index (χ4n) is 12.6. The molecule has 4 heteroatoms. The summed E-state index contributed by atoms with van der Waals surface area (Å²) in [7, 11) is 0. The number of fused-ring (bicyclic) bond motifs is 7. The summed E-state index contributed by atoms with van der Waals surface area (Å²) in [5.74, 6) is 0. The van der Waals surface area contributed by atoms with Gasteiger partial charge in [-0.05, 0) is 156 Å². The summed E-state index contributed by atoms with van der Waals surface area (Å²) in [6, 6.07) is 74.4. The quantitative estimate of drug-likeness (QED) is 0.154. The van der Waals surface area contributed by atoms with Crippen LogP contribution in [0.3, 0.4) is 0 Å². The Kier molecular flexibility index (Phi) is 11.6. The lowest BCUT2D eigenvalue weighted by Gasteiger charge is -2.46.